The van der Waals surface area contributed by atoms with Gasteiger partial charge in [-0.1, -0.05) is 31.5 Å². The molecule has 86 valence electrons. The highest BCUT2D eigenvalue weighted by Crippen LogP contribution is 2.23. The summed E-state index contributed by atoms with van der Waals surface area (Å²) in [4.78, 5) is 11.4. The van der Waals surface area contributed by atoms with Crippen LogP contribution in [0.5, 0.6) is 0 Å². The first-order chi connectivity index (χ1) is 7.13. The number of hydrogen-bond donors (Lipinski definition) is 3. The highest BCUT2D eigenvalue weighted by atomic mass is 32.2. The van der Waals surface area contributed by atoms with E-state index in [1.54, 1.807) is 6.26 Å². The molecule has 2 amide bonds. The van der Waals surface area contributed by atoms with E-state index in [0.29, 0.717) is 5.92 Å². The third kappa shape index (κ3) is 4.11. The molecule has 0 aromatic heterocycles. The second-order valence-corrected chi connectivity index (χ2v) is 4.82. The monoisotopic (exact) mass is 229 g/mol. The van der Waals surface area contributed by atoms with Crippen molar-refractivity contribution in [3.05, 3.63) is 0 Å². The average molecular weight is 229 g/mol. The lowest BCUT2D eigenvalue weighted by atomic mass is 9.86. The lowest BCUT2D eigenvalue weighted by Gasteiger charge is -2.29. The van der Waals surface area contributed by atoms with E-state index in [1.807, 2.05) is 0 Å². The van der Waals surface area contributed by atoms with Crippen LogP contribution < -0.4 is 10.6 Å². The van der Waals surface area contributed by atoms with Crippen molar-refractivity contribution in [3.8, 4) is 0 Å². The van der Waals surface area contributed by atoms with Crippen molar-refractivity contribution in [1.29, 1.82) is 5.41 Å². The van der Waals surface area contributed by atoms with E-state index in [4.69, 9.17) is 5.41 Å². The van der Waals surface area contributed by atoms with Gasteiger partial charge in [0.2, 0.25) is 0 Å². The molecule has 1 aliphatic carbocycles. The maximum absolute atomic E-state index is 11.4. The number of nitrogens with one attached hydrogen (secondary N) is 3. The SMILES string of the molecule is CSC(=N)NC(=O)NC1CCCCC1C. The molecule has 1 aliphatic rings. The van der Waals surface area contributed by atoms with Crippen molar-refractivity contribution in [1.82, 2.24) is 10.6 Å². The van der Waals surface area contributed by atoms with Gasteiger partial charge in [-0.2, -0.15) is 0 Å². The molecule has 0 heterocycles. The molecule has 0 aliphatic heterocycles. The maximum atomic E-state index is 11.4. The van der Waals surface area contributed by atoms with Crippen molar-refractivity contribution in [2.45, 2.75) is 38.6 Å². The maximum Gasteiger partial charge on any atom is 0.321 e. The summed E-state index contributed by atoms with van der Waals surface area (Å²) in [7, 11) is 0. The van der Waals surface area contributed by atoms with E-state index in [9.17, 15) is 4.79 Å². The lowest BCUT2D eigenvalue weighted by molar-refractivity contribution is 0.226. The molecule has 3 N–H and O–H groups in total. The molecular formula is C10H19N3OS. The number of urea groups is 1. The van der Waals surface area contributed by atoms with Gasteiger partial charge in [0.05, 0.1) is 0 Å². The average Bonchev–Trinajstić information content (AvgIpc) is 2.21. The molecule has 1 saturated carbocycles. The van der Waals surface area contributed by atoms with Crippen LogP contribution in [0.3, 0.4) is 0 Å². The van der Waals surface area contributed by atoms with E-state index < -0.39 is 0 Å². The summed E-state index contributed by atoms with van der Waals surface area (Å²) in [5.41, 5.74) is 0. The minimum atomic E-state index is -0.243. The van der Waals surface area contributed by atoms with Crippen LogP contribution in [0.2, 0.25) is 0 Å². The van der Waals surface area contributed by atoms with Gasteiger partial charge in [-0.25, -0.2) is 4.79 Å². The number of thioether (sulfide) groups is 1. The Morgan fingerprint density at radius 3 is 2.67 bits per heavy atom. The second kappa shape index (κ2) is 6.00. The van der Waals surface area contributed by atoms with Gasteiger partial charge >= 0.3 is 6.03 Å². The molecule has 4 nitrogen and oxygen atoms in total. The number of carbonyl (C=O) groups excluding carboxylic acids is 1. The van der Waals surface area contributed by atoms with Crippen LogP contribution >= 0.6 is 11.8 Å². The van der Waals surface area contributed by atoms with Gasteiger partial charge in [0.1, 0.15) is 0 Å². The molecule has 0 saturated heterocycles. The molecule has 1 rings (SSSR count). The predicted molar refractivity (Wildman–Crippen MR) is 64.3 cm³/mol. The summed E-state index contributed by atoms with van der Waals surface area (Å²) in [6.45, 7) is 2.17. The fraction of sp³-hybridized carbons (Fsp3) is 0.800. The van der Waals surface area contributed by atoms with E-state index >= 15 is 0 Å². The zero-order chi connectivity index (χ0) is 11.3. The Kier molecular flexibility index (Phi) is 4.94. The van der Waals surface area contributed by atoms with Crippen molar-refractivity contribution in [3.63, 3.8) is 0 Å². The van der Waals surface area contributed by atoms with Gasteiger partial charge in [-0.05, 0) is 25.0 Å². The first-order valence-electron chi connectivity index (χ1n) is 5.33. The van der Waals surface area contributed by atoms with Gasteiger partial charge in [0.15, 0.2) is 5.17 Å². The zero-order valence-corrected chi connectivity index (χ0v) is 10.1. The molecule has 1 fully saturated rings. The highest BCUT2D eigenvalue weighted by molar-refractivity contribution is 8.13. The van der Waals surface area contributed by atoms with E-state index in [0.717, 1.165) is 6.42 Å². The molecule has 0 bridgehead atoms. The Balaban J connectivity index is 2.33. The minimum absolute atomic E-state index is 0.191. The Hall–Kier alpha value is -0.710. The van der Waals surface area contributed by atoms with E-state index in [2.05, 4.69) is 17.6 Å². The second-order valence-electron chi connectivity index (χ2n) is 4.00. The standard InChI is InChI=1S/C10H19N3OS/c1-7-5-3-4-6-8(7)12-10(14)13-9(11)15-2/h7-8H,3-6H2,1-2H3,(H3,11,12,13,14). The molecule has 0 radical (unpaired) electrons. The first kappa shape index (κ1) is 12.4. The van der Waals surface area contributed by atoms with Crippen molar-refractivity contribution in [2.75, 3.05) is 6.26 Å². The Labute approximate surface area is 95.1 Å². The predicted octanol–water partition coefficient (Wildman–Crippen LogP) is 2.16. The lowest BCUT2D eigenvalue weighted by Crippen LogP contribution is -2.47. The molecule has 0 spiro atoms. The van der Waals surface area contributed by atoms with Gasteiger partial charge in [0.25, 0.3) is 0 Å². The smallest absolute Gasteiger partial charge is 0.321 e. The van der Waals surface area contributed by atoms with Crippen LogP contribution in [-0.2, 0) is 0 Å². The summed E-state index contributed by atoms with van der Waals surface area (Å²) in [5.74, 6) is 0.549. The molecule has 2 atom stereocenters. The molecule has 15 heavy (non-hydrogen) atoms. The van der Waals surface area contributed by atoms with Crippen molar-refractivity contribution < 1.29 is 4.79 Å². The molecular weight excluding hydrogens is 210 g/mol. The van der Waals surface area contributed by atoms with Gasteiger partial charge in [-0.15, -0.1) is 0 Å². The number of amidine groups is 1. The minimum Gasteiger partial charge on any atom is -0.335 e. The molecule has 0 aromatic carbocycles. The number of amides is 2. The van der Waals surface area contributed by atoms with Gasteiger partial charge < -0.3 is 5.32 Å². The summed E-state index contributed by atoms with van der Waals surface area (Å²) in [6.07, 6.45) is 6.47. The summed E-state index contributed by atoms with van der Waals surface area (Å²) < 4.78 is 0. The van der Waals surface area contributed by atoms with Crippen molar-refractivity contribution >= 4 is 23.0 Å². The summed E-state index contributed by atoms with van der Waals surface area (Å²) in [6, 6.07) is 0.0292. The Morgan fingerprint density at radius 2 is 2.07 bits per heavy atom. The quantitative estimate of drug-likeness (QED) is 0.476. The van der Waals surface area contributed by atoms with Crippen LogP contribution in [-0.4, -0.2) is 23.5 Å². The third-order valence-electron chi connectivity index (χ3n) is 2.86. The zero-order valence-electron chi connectivity index (χ0n) is 9.30. The molecule has 0 aromatic rings. The van der Waals surface area contributed by atoms with Gasteiger partial charge in [-0.3, -0.25) is 10.7 Å². The Bertz CT molecular complexity index is 245. The molecule has 2 unspecified atom stereocenters. The van der Waals surface area contributed by atoms with Crippen LogP contribution in [0.4, 0.5) is 4.79 Å². The highest BCUT2D eigenvalue weighted by Gasteiger charge is 2.22. The van der Waals surface area contributed by atoms with E-state index in [-0.39, 0.29) is 17.2 Å². The number of carbonyl (C=O) groups is 1. The third-order valence-corrected chi connectivity index (χ3v) is 3.37. The topological polar surface area (TPSA) is 65.0 Å². The number of hydrogen-bond acceptors (Lipinski definition) is 3. The van der Waals surface area contributed by atoms with Crippen LogP contribution in [0.1, 0.15) is 32.6 Å². The Morgan fingerprint density at radius 1 is 1.40 bits per heavy atom. The summed E-state index contributed by atoms with van der Waals surface area (Å²) >= 11 is 1.23. The van der Waals surface area contributed by atoms with Crippen LogP contribution in [0.25, 0.3) is 0 Å². The van der Waals surface area contributed by atoms with E-state index in [1.165, 1.54) is 31.0 Å². The van der Waals surface area contributed by atoms with Crippen molar-refractivity contribution in [2.24, 2.45) is 5.92 Å². The first-order valence-corrected chi connectivity index (χ1v) is 6.56. The van der Waals surface area contributed by atoms with Crippen LogP contribution in [0, 0.1) is 11.3 Å². The van der Waals surface area contributed by atoms with Crippen LogP contribution in [0.15, 0.2) is 0 Å². The normalized spacial score (nSPS) is 25.7. The fourth-order valence-corrected chi connectivity index (χ4v) is 2.08. The molecule has 5 heteroatoms. The fourth-order valence-electron chi connectivity index (χ4n) is 1.89. The summed E-state index contributed by atoms with van der Waals surface area (Å²) in [5, 5.41) is 12.9. The van der Waals surface area contributed by atoms with Gasteiger partial charge in [0, 0.05) is 6.04 Å². The largest absolute Gasteiger partial charge is 0.335 e. The number of rotatable bonds is 1.